The topological polar surface area (TPSA) is 58.6 Å². The SMILES string of the molecule is Cc1ccc(CN2C(=O)Cc3ccccc3OCCC2(C(=O)NCCC(C)C)c2ccccc2)cc1. The van der Waals surface area contributed by atoms with Gasteiger partial charge in [-0.25, -0.2) is 0 Å². The van der Waals surface area contributed by atoms with Gasteiger partial charge in [0.15, 0.2) is 5.54 Å². The molecule has 5 nitrogen and oxygen atoms in total. The molecule has 3 aromatic rings. The van der Waals surface area contributed by atoms with Crippen LogP contribution in [0.25, 0.3) is 0 Å². The molecule has 1 atom stereocenters. The molecule has 0 bridgehead atoms. The summed E-state index contributed by atoms with van der Waals surface area (Å²) in [5.74, 6) is 0.896. The lowest BCUT2D eigenvalue weighted by molar-refractivity contribution is -0.150. The van der Waals surface area contributed by atoms with E-state index in [2.05, 4.69) is 19.2 Å². The highest BCUT2D eigenvalue weighted by molar-refractivity contribution is 5.93. The minimum absolute atomic E-state index is 0.101. The number of carbonyl (C=O) groups is 2. The number of rotatable bonds is 7. The smallest absolute Gasteiger partial charge is 0.250 e. The van der Waals surface area contributed by atoms with Gasteiger partial charge < -0.3 is 15.0 Å². The highest BCUT2D eigenvalue weighted by atomic mass is 16.5. The van der Waals surface area contributed by atoms with Crippen LogP contribution in [0.15, 0.2) is 78.9 Å². The van der Waals surface area contributed by atoms with Crippen molar-refractivity contribution in [2.75, 3.05) is 13.2 Å². The molecule has 0 aliphatic carbocycles. The second kappa shape index (κ2) is 11.4. The molecule has 1 aliphatic rings. The maximum Gasteiger partial charge on any atom is 0.250 e. The summed E-state index contributed by atoms with van der Waals surface area (Å²) in [7, 11) is 0. The molecule has 0 aromatic heterocycles. The summed E-state index contributed by atoms with van der Waals surface area (Å²) in [4.78, 5) is 30.1. The summed E-state index contributed by atoms with van der Waals surface area (Å²) < 4.78 is 6.18. The van der Waals surface area contributed by atoms with Crippen molar-refractivity contribution in [2.45, 2.75) is 52.1 Å². The number of nitrogens with zero attached hydrogens (tertiary/aromatic N) is 1. The second-order valence-corrected chi connectivity index (χ2v) is 10.0. The third-order valence-electron chi connectivity index (χ3n) is 6.89. The monoisotopic (exact) mass is 484 g/mol. The molecule has 4 rings (SSSR count). The predicted molar refractivity (Wildman–Crippen MR) is 143 cm³/mol. The minimum atomic E-state index is -1.21. The van der Waals surface area contributed by atoms with Crippen LogP contribution >= 0.6 is 0 Å². The summed E-state index contributed by atoms with van der Waals surface area (Å²) in [6, 6.07) is 25.5. The molecule has 1 heterocycles. The van der Waals surface area contributed by atoms with Crippen molar-refractivity contribution in [3.63, 3.8) is 0 Å². The van der Waals surface area contributed by atoms with E-state index < -0.39 is 5.54 Å². The predicted octanol–water partition coefficient (Wildman–Crippen LogP) is 5.41. The molecule has 0 radical (unpaired) electrons. The standard InChI is InChI=1S/C31H36N2O3/c1-23(2)17-19-32-30(35)31(27-10-5-4-6-11-27)18-20-36-28-12-8-7-9-26(28)21-29(34)33(31)22-25-15-13-24(3)14-16-25/h4-16,23H,17-22H2,1-3H3,(H,32,35). The molecule has 1 unspecified atom stereocenters. The molecule has 2 amide bonds. The van der Waals surface area contributed by atoms with Crippen LogP contribution in [0.3, 0.4) is 0 Å². The van der Waals surface area contributed by atoms with Gasteiger partial charge in [0, 0.05) is 25.1 Å². The third-order valence-corrected chi connectivity index (χ3v) is 6.89. The van der Waals surface area contributed by atoms with Crippen molar-refractivity contribution in [3.05, 3.63) is 101 Å². The van der Waals surface area contributed by atoms with E-state index in [0.29, 0.717) is 37.8 Å². The quantitative estimate of drug-likeness (QED) is 0.488. The highest BCUT2D eigenvalue weighted by Gasteiger charge is 2.48. The van der Waals surface area contributed by atoms with Crippen molar-refractivity contribution in [3.8, 4) is 5.75 Å². The lowest BCUT2D eigenvalue weighted by atomic mass is 9.82. The minimum Gasteiger partial charge on any atom is -0.493 e. The zero-order valence-corrected chi connectivity index (χ0v) is 21.5. The van der Waals surface area contributed by atoms with E-state index in [1.54, 1.807) is 4.90 Å². The van der Waals surface area contributed by atoms with Gasteiger partial charge in [0.2, 0.25) is 5.91 Å². The van der Waals surface area contributed by atoms with Crippen molar-refractivity contribution in [1.82, 2.24) is 10.2 Å². The number of aryl methyl sites for hydroxylation is 1. The highest BCUT2D eigenvalue weighted by Crippen LogP contribution is 2.37. The fourth-order valence-electron chi connectivity index (χ4n) is 4.81. The number of benzene rings is 3. The molecule has 188 valence electrons. The van der Waals surface area contributed by atoms with E-state index >= 15 is 0 Å². The first kappa shape index (κ1) is 25.5. The number of hydrogen-bond donors (Lipinski definition) is 1. The molecule has 0 saturated heterocycles. The average Bonchev–Trinajstić information content (AvgIpc) is 2.93. The fourth-order valence-corrected chi connectivity index (χ4v) is 4.81. The number of fused-ring (bicyclic) bond motifs is 1. The summed E-state index contributed by atoms with van der Waals surface area (Å²) >= 11 is 0. The van der Waals surface area contributed by atoms with E-state index in [4.69, 9.17) is 4.74 Å². The Labute approximate surface area is 214 Å². The van der Waals surface area contributed by atoms with E-state index in [-0.39, 0.29) is 18.2 Å². The second-order valence-electron chi connectivity index (χ2n) is 10.0. The number of para-hydroxylation sites is 1. The number of nitrogens with one attached hydrogen (secondary N) is 1. The summed E-state index contributed by atoms with van der Waals surface area (Å²) in [6.07, 6.45) is 1.37. The molecule has 1 N–H and O–H groups in total. The van der Waals surface area contributed by atoms with Crippen molar-refractivity contribution < 1.29 is 14.3 Å². The number of hydrogen-bond acceptors (Lipinski definition) is 3. The van der Waals surface area contributed by atoms with Gasteiger partial charge in [-0.1, -0.05) is 92.2 Å². The van der Waals surface area contributed by atoms with Crippen LogP contribution in [-0.2, 0) is 28.1 Å². The Balaban J connectivity index is 1.83. The molecular formula is C31H36N2O3. The molecule has 0 saturated carbocycles. The first-order chi connectivity index (χ1) is 17.4. The largest absolute Gasteiger partial charge is 0.493 e. The molecule has 0 spiro atoms. The Kier molecular flexibility index (Phi) is 8.09. The maximum absolute atomic E-state index is 14.2. The summed E-state index contributed by atoms with van der Waals surface area (Å²) in [5.41, 5.74) is 2.56. The zero-order chi connectivity index (χ0) is 25.5. The van der Waals surface area contributed by atoms with E-state index in [1.165, 1.54) is 0 Å². The van der Waals surface area contributed by atoms with E-state index in [1.807, 2.05) is 85.8 Å². The Morgan fingerprint density at radius 3 is 2.42 bits per heavy atom. The van der Waals surface area contributed by atoms with Crippen LogP contribution in [0.2, 0.25) is 0 Å². The van der Waals surface area contributed by atoms with E-state index in [9.17, 15) is 9.59 Å². The normalized spacial score (nSPS) is 18.0. The lowest BCUT2D eigenvalue weighted by Crippen LogP contribution is -2.59. The Morgan fingerprint density at radius 2 is 1.69 bits per heavy atom. The van der Waals surface area contributed by atoms with Crippen LogP contribution < -0.4 is 10.1 Å². The number of carbonyl (C=O) groups excluding carboxylic acids is 2. The molecular weight excluding hydrogens is 448 g/mol. The van der Waals surface area contributed by atoms with Crippen molar-refractivity contribution in [2.24, 2.45) is 5.92 Å². The Morgan fingerprint density at radius 1 is 1.00 bits per heavy atom. The number of amides is 2. The maximum atomic E-state index is 14.2. The molecule has 3 aromatic carbocycles. The fraction of sp³-hybridized carbons (Fsp3) is 0.355. The molecule has 5 heteroatoms. The van der Waals surface area contributed by atoms with Gasteiger partial charge in [-0.3, -0.25) is 9.59 Å². The number of ether oxygens (including phenoxy) is 1. The van der Waals surface area contributed by atoms with Gasteiger partial charge in [-0.15, -0.1) is 0 Å². The summed E-state index contributed by atoms with van der Waals surface area (Å²) in [5, 5.41) is 3.17. The molecule has 1 aliphatic heterocycles. The van der Waals surface area contributed by atoms with Gasteiger partial charge in [0.25, 0.3) is 5.91 Å². The van der Waals surface area contributed by atoms with Gasteiger partial charge in [0.05, 0.1) is 13.0 Å². The van der Waals surface area contributed by atoms with Gasteiger partial charge >= 0.3 is 0 Å². The van der Waals surface area contributed by atoms with Crippen LogP contribution in [-0.4, -0.2) is 29.9 Å². The van der Waals surface area contributed by atoms with Crippen LogP contribution in [0, 0.1) is 12.8 Å². The van der Waals surface area contributed by atoms with Crippen molar-refractivity contribution >= 4 is 11.8 Å². The van der Waals surface area contributed by atoms with Gasteiger partial charge in [-0.05, 0) is 36.5 Å². The zero-order valence-electron chi connectivity index (χ0n) is 21.5. The Bertz CT molecular complexity index is 1170. The Hall–Kier alpha value is -3.60. The average molecular weight is 485 g/mol. The van der Waals surface area contributed by atoms with Crippen molar-refractivity contribution in [1.29, 1.82) is 0 Å². The van der Waals surface area contributed by atoms with Gasteiger partial charge in [-0.2, -0.15) is 0 Å². The lowest BCUT2D eigenvalue weighted by Gasteiger charge is -2.43. The first-order valence-corrected chi connectivity index (χ1v) is 12.8. The third kappa shape index (κ3) is 5.62. The van der Waals surface area contributed by atoms with Crippen LogP contribution in [0.4, 0.5) is 0 Å². The van der Waals surface area contributed by atoms with E-state index in [0.717, 1.165) is 28.7 Å². The van der Waals surface area contributed by atoms with Gasteiger partial charge in [0.1, 0.15) is 5.75 Å². The first-order valence-electron chi connectivity index (χ1n) is 12.8. The molecule has 0 fully saturated rings. The van der Waals surface area contributed by atoms with Crippen LogP contribution in [0.1, 0.15) is 48.9 Å². The van der Waals surface area contributed by atoms with Crippen LogP contribution in [0.5, 0.6) is 5.75 Å². The summed E-state index contributed by atoms with van der Waals surface area (Å²) in [6.45, 7) is 7.50. The molecule has 36 heavy (non-hydrogen) atoms.